The maximum Gasteiger partial charge on any atom is 0.408 e. The fraction of sp³-hybridized carbons (Fsp3) is 0.875. The number of ether oxygens (including phenoxy) is 3. The molecular weight excluding hydrogens is 286 g/mol. The normalized spacial score (nSPS) is 14.2. The fourth-order valence-corrected chi connectivity index (χ4v) is 1.81. The number of nitrogens with one attached hydrogen (secondary N) is 1. The van der Waals surface area contributed by atoms with Gasteiger partial charge in [0.05, 0.1) is 6.61 Å². The Kier molecular flexibility index (Phi) is 6.88. The molecule has 0 aliphatic carbocycles. The number of hydrogen-bond donors (Lipinski definition) is 1. The Morgan fingerprint density at radius 1 is 0.909 bits per heavy atom. The molecule has 0 aromatic rings. The van der Waals surface area contributed by atoms with Crippen LogP contribution in [-0.4, -0.2) is 43.0 Å². The van der Waals surface area contributed by atoms with Crippen molar-refractivity contribution in [3.63, 3.8) is 0 Å². The lowest BCUT2D eigenvalue weighted by molar-refractivity contribution is -0.161. The van der Waals surface area contributed by atoms with Crippen LogP contribution in [0, 0.1) is 5.41 Å². The average Bonchev–Trinajstić information content (AvgIpc) is 2.20. The lowest BCUT2D eigenvalue weighted by atomic mass is 9.85. The Balaban J connectivity index is 5.18. The van der Waals surface area contributed by atoms with Gasteiger partial charge >= 0.3 is 12.1 Å². The summed E-state index contributed by atoms with van der Waals surface area (Å²) in [5, 5.41) is 2.61. The van der Waals surface area contributed by atoms with Gasteiger partial charge in [-0.2, -0.15) is 0 Å². The topological polar surface area (TPSA) is 73.9 Å². The molecule has 6 heteroatoms. The van der Waals surface area contributed by atoms with Gasteiger partial charge in [0.1, 0.15) is 17.2 Å². The molecule has 1 atom stereocenters. The SMILES string of the molecule is COCC(C)(C)C(NC(=O)OC(C)(C)C)C(=O)OC(C)(C)C. The van der Waals surface area contributed by atoms with E-state index in [4.69, 9.17) is 14.2 Å². The second-order valence-electron chi connectivity index (χ2n) is 8.03. The minimum atomic E-state index is -0.874. The van der Waals surface area contributed by atoms with E-state index < -0.39 is 34.7 Å². The molecule has 0 aliphatic heterocycles. The highest BCUT2D eigenvalue weighted by Gasteiger charge is 2.40. The summed E-state index contributed by atoms with van der Waals surface area (Å²) in [6.07, 6.45) is -0.660. The van der Waals surface area contributed by atoms with E-state index in [-0.39, 0.29) is 6.61 Å². The van der Waals surface area contributed by atoms with Crippen LogP contribution in [0.4, 0.5) is 4.79 Å². The highest BCUT2D eigenvalue weighted by atomic mass is 16.6. The van der Waals surface area contributed by atoms with Gasteiger partial charge in [0.15, 0.2) is 0 Å². The van der Waals surface area contributed by atoms with Crippen LogP contribution in [0.2, 0.25) is 0 Å². The smallest absolute Gasteiger partial charge is 0.408 e. The zero-order chi connectivity index (χ0) is 17.8. The van der Waals surface area contributed by atoms with Gasteiger partial charge in [0, 0.05) is 12.5 Å². The van der Waals surface area contributed by atoms with Gasteiger partial charge in [0.2, 0.25) is 0 Å². The van der Waals surface area contributed by atoms with Crippen molar-refractivity contribution < 1.29 is 23.8 Å². The van der Waals surface area contributed by atoms with Crippen molar-refractivity contribution in [2.24, 2.45) is 5.41 Å². The number of methoxy groups -OCH3 is 1. The first-order chi connectivity index (χ1) is 9.68. The number of alkyl carbamates (subject to hydrolysis) is 1. The first kappa shape index (κ1) is 20.7. The van der Waals surface area contributed by atoms with E-state index in [1.54, 1.807) is 48.7 Å². The number of hydrogen-bond acceptors (Lipinski definition) is 5. The zero-order valence-corrected chi connectivity index (χ0v) is 15.3. The summed E-state index contributed by atoms with van der Waals surface area (Å²) in [5.41, 5.74) is -1.93. The molecule has 0 radical (unpaired) electrons. The van der Waals surface area contributed by atoms with E-state index in [9.17, 15) is 9.59 Å². The molecule has 0 saturated carbocycles. The van der Waals surface area contributed by atoms with Crippen molar-refractivity contribution in [2.45, 2.75) is 72.6 Å². The molecule has 130 valence electrons. The highest BCUT2D eigenvalue weighted by Crippen LogP contribution is 2.24. The molecule has 6 nitrogen and oxygen atoms in total. The molecule has 0 bridgehead atoms. The van der Waals surface area contributed by atoms with Gasteiger partial charge in [-0.1, -0.05) is 13.8 Å². The molecule has 0 rings (SSSR count). The molecule has 0 aliphatic rings. The standard InChI is InChI=1S/C16H31NO5/c1-14(2,3)21-12(18)11(16(7,8)10-20-9)17-13(19)22-15(4,5)6/h11H,10H2,1-9H3,(H,17,19). The van der Waals surface area contributed by atoms with Gasteiger partial charge in [-0.25, -0.2) is 9.59 Å². The lowest BCUT2D eigenvalue weighted by Gasteiger charge is -2.35. The van der Waals surface area contributed by atoms with Gasteiger partial charge in [-0.05, 0) is 41.5 Å². The molecule has 0 saturated heterocycles. The molecule has 0 spiro atoms. The van der Waals surface area contributed by atoms with Crippen LogP contribution < -0.4 is 5.32 Å². The van der Waals surface area contributed by atoms with Gasteiger partial charge in [0.25, 0.3) is 0 Å². The predicted molar refractivity (Wildman–Crippen MR) is 84.7 cm³/mol. The Morgan fingerprint density at radius 3 is 1.73 bits per heavy atom. The van der Waals surface area contributed by atoms with Crippen LogP contribution in [0.1, 0.15) is 55.4 Å². The Morgan fingerprint density at radius 2 is 1.36 bits per heavy atom. The van der Waals surface area contributed by atoms with Crippen molar-refractivity contribution in [2.75, 3.05) is 13.7 Å². The Labute approximate surface area is 133 Å². The highest BCUT2D eigenvalue weighted by molar-refractivity contribution is 5.82. The minimum Gasteiger partial charge on any atom is -0.458 e. The molecule has 0 fully saturated rings. The summed E-state index contributed by atoms with van der Waals surface area (Å²) in [7, 11) is 1.54. The lowest BCUT2D eigenvalue weighted by Crippen LogP contribution is -2.54. The number of carbonyl (C=O) groups is 2. The second kappa shape index (κ2) is 7.31. The summed E-state index contributed by atoms with van der Waals surface area (Å²) in [6.45, 7) is 14.5. The summed E-state index contributed by atoms with van der Waals surface area (Å²) >= 11 is 0. The third kappa shape index (κ3) is 8.22. The van der Waals surface area contributed by atoms with Crippen LogP contribution in [0.15, 0.2) is 0 Å². The summed E-state index contributed by atoms with van der Waals surface area (Å²) in [4.78, 5) is 24.4. The van der Waals surface area contributed by atoms with Crippen LogP contribution in [0.3, 0.4) is 0 Å². The molecule has 0 aromatic carbocycles. The van der Waals surface area contributed by atoms with E-state index in [1.165, 1.54) is 0 Å². The second-order valence-corrected chi connectivity index (χ2v) is 8.03. The van der Waals surface area contributed by atoms with E-state index in [1.807, 2.05) is 13.8 Å². The van der Waals surface area contributed by atoms with Crippen LogP contribution in [0.5, 0.6) is 0 Å². The fourth-order valence-electron chi connectivity index (χ4n) is 1.81. The molecule has 1 N–H and O–H groups in total. The van der Waals surface area contributed by atoms with E-state index >= 15 is 0 Å². The van der Waals surface area contributed by atoms with Gasteiger partial charge < -0.3 is 19.5 Å². The van der Waals surface area contributed by atoms with Crippen molar-refractivity contribution in [1.29, 1.82) is 0 Å². The number of carbonyl (C=O) groups excluding carboxylic acids is 2. The van der Waals surface area contributed by atoms with Gasteiger partial charge in [-0.3, -0.25) is 0 Å². The molecule has 1 amide bonds. The number of amides is 1. The maximum absolute atomic E-state index is 12.4. The van der Waals surface area contributed by atoms with Crippen molar-refractivity contribution in [1.82, 2.24) is 5.32 Å². The number of rotatable bonds is 5. The quantitative estimate of drug-likeness (QED) is 0.789. The summed E-state index contributed by atoms with van der Waals surface area (Å²) in [6, 6.07) is -0.874. The third-order valence-corrected chi connectivity index (χ3v) is 2.60. The maximum atomic E-state index is 12.4. The van der Waals surface area contributed by atoms with Crippen molar-refractivity contribution in [3.05, 3.63) is 0 Å². The van der Waals surface area contributed by atoms with Gasteiger partial charge in [-0.15, -0.1) is 0 Å². The van der Waals surface area contributed by atoms with Crippen LogP contribution in [-0.2, 0) is 19.0 Å². The molecular formula is C16H31NO5. The van der Waals surface area contributed by atoms with E-state index in [0.29, 0.717) is 0 Å². The van der Waals surface area contributed by atoms with Crippen molar-refractivity contribution >= 4 is 12.1 Å². The summed E-state index contributed by atoms with van der Waals surface area (Å²) < 4.78 is 15.8. The molecule has 1 unspecified atom stereocenters. The largest absolute Gasteiger partial charge is 0.458 e. The van der Waals surface area contributed by atoms with Crippen LogP contribution in [0.25, 0.3) is 0 Å². The average molecular weight is 317 g/mol. The molecule has 0 heterocycles. The van der Waals surface area contributed by atoms with Crippen LogP contribution >= 0.6 is 0 Å². The Hall–Kier alpha value is -1.30. The zero-order valence-electron chi connectivity index (χ0n) is 15.3. The first-order valence-electron chi connectivity index (χ1n) is 7.39. The first-order valence-corrected chi connectivity index (χ1v) is 7.39. The molecule has 22 heavy (non-hydrogen) atoms. The Bertz CT molecular complexity index is 390. The number of esters is 1. The van der Waals surface area contributed by atoms with Crippen molar-refractivity contribution in [3.8, 4) is 0 Å². The minimum absolute atomic E-state index is 0.284. The third-order valence-electron chi connectivity index (χ3n) is 2.60. The monoisotopic (exact) mass is 317 g/mol. The molecule has 0 aromatic heterocycles. The predicted octanol–water partition coefficient (Wildman–Crippen LogP) is 2.89. The van der Waals surface area contributed by atoms with E-state index in [2.05, 4.69) is 5.32 Å². The van der Waals surface area contributed by atoms with E-state index in [0.717, 1.165) is 0 Å². The summed E-state index contributed by atoms with van der Waals surface area (Å²) in [5.74, 6) is -0.514.